The van der Waals surface area contributed by atoms with E-state index in [9.17, 15) is 61.9 Å². The Hall–Kier alpha value is -1.44. The highest BCUT2D eigenvalue weighted by Crippen LogP contribution is 2.61. The molecule has 1 unspecified atom stereocenters. The Kier molecular flexibility index (Phi) is 11.7. The summed E-state index contributed by atoms with van der Waals surface area (Å²) >= 11 is 0. The Bertz CT molecular complexity index is 660. The standard InChI is InChI=1S/C20H27F13O2/c1-2-3-4-5-6-7-8-9-10-11-12-13(14(34)35)15(21,22)16(23,24)17(25,26)18(27,28)19(29,30)20(31,32)33/h13H,2-12H2,1H3,(H,34,35). The van der Waals surface area contributed by atoms with Crippen LogP contribution in [0.3, 0.4) is 0 Å². The van der Waals surface area contributed by atoms with E-state index in [1.807, 2.05) is 6.92 Å². The third-order valence-corrected chi connectivity index (χ3v) is 5.54. The van der Waals surface area contributed by atoms with Crippen LogP contribution in [0.25, 0.3) is 0 Å². The van der Waals surface area contributed by atoms with Gasteiger partial charge in [-0.25, -0.2) is 0 Å². The van der Waals surface area contributed by atoms with E-state index in [-0.39, 0.29) is 6.42 Å². The molecule has 2 nitrogen and oxygen atoms in total. The van der Waals surface area contributed by atoms with Crippen LogP contribution in [-0.2, 0) is 4.79 Å². The van der Waals surface area contributed by atoms with E-state index in [1.165, 1.54) is 0 Å². The normalized spacial score (nSPS) is 15.4. The van der Waals surface area contributed by atoms with Gasteiger partial charge in [-0.2, -0.15) is 57.1 Å². The Morgan fingerprint density at radius 3 is 1.26 bits per heavy atom. The van der Waals surface area contributed by atoms with Crippen molar-refractivity contribution in [2.45, 2.75) is 113 Å². The van der Waals surface area contributed by atoms with Gasteiger partial charge in [0, 0.05) is 0 Å². The van der Waals surface area contributed by atoms with Crippen molar-refractivity contribution in [2.75, 3.05) is 0 Å². The predicted molar refractivity (Wildman–Crippen MR) is 98.4 cm³/mol. The third kappa shape index (κ3) is 7.07. The fourth-order valence-electron chi connectivity index (χ4n) is 3.30. The van der Waals surface area contributed by atoms with Crippen LogP contribution in [0.2, 0.25) is 0 Å². The maximum atomic E-state index is 14.1. The minimum atomic E-state index is -8.04. The second kappa shape index (κ2) is 12.2. The molecule has 0 aliphatic carbocycles. The minimum absolute atomic E-state index is 0.0287. The number of hydrogen-bond acceptors (Lipinski definition) is 1. The van der Waals surface area contributed by atoms with Gasteiger partial charge in [-0.15, -0.1) is 0 Å². The Morgan fingerprint density at radius 2 is 0.914 bits per heavy atom. The van der Waals surface area contributed by atoms with Gasteiger partial charge in [0.1, 0.15) is 5.92 Å². The summed E-state index contributed by atoms with van der Waals surface area (Å²) in [6.07, 6.45) is -3.13. The van der Waals surface area contributed by atoms with Crippen molar-refractivity contribution in [1.29, 1.82) is 0 Å². The highest BCUT2D eigenvalue weighted by atomic mass is 19.4. The number of hydrogen-bond donors (Lipinski definition) is 1. The minimum Gasteiger partial charge on any atom is -0.481 e. The summed E-state index contributed by atoms with van der Waals surface area (Å²) in [4.78, 5) is 11.0. The number of halogens is 13. The van der Waals surface area contributed by atoms with Crippen LogP contribution in [0.4, 0.5) is 57.1 Å². The molecule has 1 N–H and O–H groups in total. The number of carbonyl (C=O) groups is 1. The van der Waals surface area contributed by atoms with E-state index >= 15 is 0 Å². The summed E-state index contributed by atoms with van der Waals surface area (Å²) in [5, 5.41) is 8.80. The van der Waals surface area contributed by atoms with Crippen LogP contribution >= 0.6 is 0 Å². The van der Waals surface area contributed by atoms with Gasteiger partial charge in [0.15, 0.2) is 0 Å². The summed E-state index contributed by atoms with van der Waals surface area (Å²) in [5.74, 6) is -44.6. The zero-order chi connectivity index (χ0) is 27.9. The molecule has 210 valence electrons. The maximum Gasteiger partial charge on any atom is 0.460 e. The van der Waals surface area contributed by atoms with Crippen LogP contribution in [0.5, 0.6) is 0 Å². The molecule has 0 spiro atoms. The molecule has 0 saturated heterocycles. The molecule has 1 atom stereocenters. The first-order valence-corrected chi connectivity index (χ1v) is 10.8. The molecule has 0 bridgehead atoms. The molecule has 0 fully saturated rings. The van der Waals surface area contributed by atoms with Crippen LogP contribution in [-0.4, -0.2) is 46.9 Å². The molecule has 0 aromatic rings. The summed E-state index contributed by atoms with van der Waals surface area (Å²) in [6.45, 7) is 2.01. The van der Waals surface area contributed by atoms with Crippen LogP contribution in [0.1, 0.15) is 77.6 Å². The molecule has 15 heteroatoms. The SMILES string of the molecule is CCCCCCCCCCCCC(C(=O)O)C(F)(F)C(F)(F)C(F)(F)C(F)(F)C(F)(F)C(F)(F)F. The first kappa shape index (κ1) is 33.6. The van der Waals surface area contributed by atoms with Crippen molar-refractivity contribution in [2.24, 2.45) is 5.92 Å². The van der Waals surface area contributed by atoms with Gasteiger partial charge in [0.05, 0.1) is 0 Å². The summed E-state index contributed by atoms with van der Waals surface area (Å²) in [6, 6.07) is 0. The fourth-order valence-corrected chi connectivity index (χ4v) is 3.30. The zero-order valence-electron chi connectivity index (χ0n) is 18.6. The zero-order valence-corrected chi connectivity index (χ0v) is 18.6. The highest BCUT2D eigenvalue weighted by molar-refractivity contribution is 5.71. The van der Waals surface area contributed by atoms with Crippen LogP contribution in [0.15, 0.2) is 0 Å². The Labute approximate surface area is 193 Å². The summed E-state index contributed by atoms with van der Waals surface area (Å²) in [5.41, 5.74) is 0. The van der Waals surface area contributed by atoms with Crippen molar-refractivity contribution in [3.05, 3.63) is 0 Å². The average Bonchev–Trinajstić information content (AvgIpc) is 2.70. The molecule has 0 rings (SSSR count). The molecule has 0 saturated carbocycles. The van der Waals surface area contributed by atoms with Gasteiger partial charge in [-0.1, -0.05) is 71.1 Å². The molecule has 0 amide bonds. The highest BCUT2D eigenvalue weighted by Gasteiger charge is 2.91. The van der Waals surface area contributed by atoms with Crippen molar-refractivity contribution < 1.29 is 67.0 Å². The van der Waals surface area contributed by atoms with E-state index in [2.05, 4.69) is 0 Å². The Morgan fingerprint density at radius 1 is 0.571 bits per heavy atom. The summed E-state index contributed by atoms with van der Waals surface area (Å²) in [7, 11) is 0. The first-order valence-electron chi connectivity index (χ1n) is 10.8. The molecular weight excluding hydrogens is 519 g/mol. The molecule has 0 aliphatic heterocycles. The van der Waals surface area contributed by atoms with Crippen molar-refractivity contribution >= 4 is 5.97 Å². The second-order valence-corrected chi connectivity index (χ2v) is 8.28. The monoisotopic (exact) mass is 546 g/mol. The molecule has 35 heavy (non-hydrogen) atoms. The van der Waals surface area contributed by atoms with Crippen molar-refractivity contribution in [3.63, 3.8) is 0 Å². The molecule has 0 aromatic carbocycles. The lowest BCUT2D eigenvalue weighted by molar-refractivity contribution is -0.442. The lowest BCUT2D eigenvalue weighted by Gasteiger charge is -2.41. The van der Waals surface area contributed by atoms with E-state index < -0.39 is 60.5 Å². The van der Waals surface area contributed by atoms with E-state index in [1.54, 1.807) is 0 Å². The van der Waals surface area contributed by atoms with Gasteiger partial charge in [-0.3, -0.25) is 4.79 Å². The topological polar surface area (TPSA) is 37.3 Å². The number of alkyl halides is 13. The summed E-state index contributed by atoms with van der Waals surface area (Å²) < 4.78 is 172. The van der Waals surface area contributed by atoms with Crippen LogP contribution in [0, 0.1) is 5.92 Å². The predicted octanol–water partition coefficient (Wildman–Crippen LogP) is 8.74. The van der Waals surface area contributed by atoms with Crippen molar-refractivity contribution in [1.82, 2.24) is 0 Å². The number of carboxylic acids is 1. The molecule has 0 aromatic heterocycles. The van der Waals surface area contributed by atoms with E-state index in [4.69, 9.17) is 5.11 Å². The number of aliphatic carboxylic acids is 1. The molecular formula is C20H27F13O2. The van der Waals surface area contributed by atoms with Gasteiger partial charge in [0.25, 0.3) is 0 Å². The quantitative estimate of drug-likeness (QED) is 0.146. The van der Waals surface area contributed by atoms with E-state index in [0.29, 0.717) is 12.8 Å². The molecule has 0 radical (unpaired) electrons. The van der Waals surface area contributed by atoms with Gasteiger partial charge in [-0.05, 0) is 6.42 Å². The fraction of sp³-hybridized carbons (Fsp3) is 0.950. The number of rotatable bonds is 17. The van der Waals surface area contributed by atoms with Crippen LogP contribution < -0.4 is 0 Å². The van der Waals surface area contributed by atoms with Gasteiger partial charge >= 0.3 is 41.8 Å². The number of carboxylic acid groups (broad SMARTS) is 1. The third-order valence-electron chi connectivity index (χ3n) is 5.54. The first-order chi connectivity index (χ1) is 15.6. The smallest absolute Gasteiger partial charge is 0.460 e. The average molecular weight is 546 g/mol. The second-order valence-electron chi connectivity index (χ2n) is 8.28. The molecule has 0 heterocycles. The maximum absolute atomic E-state index is 14.1. The lowest BCUT2D eigenvalue weighted by Crippen LogP contribution is -2.71. The largest absolute Gasteiger partial charge is 0.481 e. The Balaban J connectivity index is 5.43. The lowest BCUT2D eigenvalue weighted by atomic mass is 9.84. The van der Waals surface area contributed by atoms with E-state index in [0.717, 1.165) is 38.5 Å². The molecule has 0 aliphatic rings. The van der Waals surface area contributed by atoms with Gasteiger partial charge in [0.2, 0.25) is 0 Å². The number of unbranched alkanes of at least 4 members (excludes halogenated alkanes) is 9. The van der Waals surface area contributed by atoms with Crippen molar-refractivity contribution in [3.8, 4) is 0 Å². The van der Waals surface area contributed by atoms with Gasteiger partial charge < -0.3 is 5.11 Å².